The lowest BCUT2D eigenvalue weighted by Gasteiger charge is -2.44. The smallest absolute Gasteiger partial charge is 0.364 e. The molecule has 1 aliphatic heterocycles. The van der Waals surface area contributed by atoms with Crippen LogP contribution in [0, 0.1) is 0 Å². The van der Waals surface area contributed by atoms with E-state index in [1.807, 2.05) is 0 Å². The van der Waals surface area contributed by atoms with Gasteiger partial charge in [0.25, 0.3) is 5.79 Å². The molecule has 1 rings (SSSR count). The van der Waals surface area contributed by atoms with Crippen molar-refractivity contribution in [2.45, 2.75) is 42.7 Å². The van der Waals surface area contributed by atoms with Crippen molar-refractivity contribution in [2.75, 3.05) is 13.7 Å². The molecule has 112 valence electrons. The van der Waals surface area contributed by atoms with Gasteiger partial charge in [0, 0.05) is 13.5 Å². The van der Waals surface area contributed by atoms with Crippen molar-refractivity contribution in [3.8, 4) is 0 Å². The van der Waals surface area contributed by atoms with Crippen LogP contribution in [0.5, 0.6) is 0 Å². The number of hydrogen-bond acceptors (Lipinski definition) is 8. The SMILES string of the molecule is CO[C@]1(C(=O)O)C[C@@H](O)[C@@H](N)C([C@@H](O)[C@H](O)CO)O1. The highest BCUT2D eigenvalue weighted by Crippen LogP contribution is 2.31. The number of carbonyl (C=O) groups is 1. The Morgan fingerprint density at radius 2 is 2.16 bits per heavy atom. The van der Waals surface area contributed by atoms with E-state index < -0.39 is 55.2 Å². The topological polar surface area (TPSA) is 163 Å². The van der Waals surface area contributed by atoms with Gasteiger partial charge in [-0.15, -0.1) is 0 Å². The molecule has 9 nitrogen and oxygen atoms in total. The van der Waals surface area contributed by atoms with E-state index in [-0.39, 0.29) is 0 Å². The van der Waals surface area contributed by atoms with Crippen molar-refractivity contribution in [3.05, 3.63) is 0 Å². The number of rotatable bonds is 5. The maximum absolute atomic E-state index is 11.2. The Bertz CT molecular complexity index is 327. The summed E-state index contributed by atoms with van der Waals surface area (Å²) < 4.78 is 9.88. The molecule has 0 saturated carbocycles. The van der Waals surface area contributed by atoms with Crippen molar-refractivity contribution in [1.82, 2.24) is 0 Å². The molecule has 0 bridgehead atoms. The lowest BCUT2D eigenvalue weighted by molar-refractivity contribution is -0.301. The quantitative estimate of drug-likeness (QED) is 0.301. The number of ether oxygens (including phenoxy) is 2. The molecule has 1 unspecified atom stereocenters. The minimum Gasteiger partial charge on any atom is -0.477 e. The van der Waals surface area contributed by atoms with Crippen molar-refractivity contribution in [3.63, 3.8) is 0 Å². The molecular weight excluding hydrogens is 262 g/mol. The first-order chi connectivity index (χ1) is 8.79. The summed E-state index contributed by atoms with van der Waals surface area (Å²) in [6, 6.07) is -1.13. The summed E-state index contributed by atoms with van der Waals surface area (Å²) in [6.45, 7) is -0.767. The van der Waals surface area contributed by atoms with Crippen LogP contribution < -0.4 is 5.73 Å². The molecule has 1 saturated heterocycles. The highest BCUT2D eigenvalue weighted by Gasteiger charge is 2.53. The zero-order valence-corrected chi connectivity index (χ0v) is 10.3. The van der Waals surface area contributed by atoms with Gasteiger partial charge in [-0.25, -0.2) is 4.79 Å². The zero-order valence-electron chi connectivity index (χ0n) is 10.3. The Labute approximate surface area is 109 Å². The minimum absolute atomic E-state index is 0.418. The van der Waals surface area contributed by atoms with Crippen LogP contribution in [0.15, 0.2) is 0 Å². The molecule has 0 aliphatic carbocycles. The highest BCUT2D eigenvalue weighted by atomic mass is 16.7. The molecule has 0 aromatic carbocycles. The minimum atomic E-state index is -2.16. The normalized spacial score (nSPS) is 38.7. The molecule has 19 heavy (non-hydrogen) atoms. The predicted octanol–water partition coefficient (Wildman–Crippen LogP) is -3.40. The summed E-state index contributed by atoms with van der Waals surface area (Å²) in [4.78, 5) is 11.2. The molecule has 9 heteroatoms. The molecule has 0 aromatic heterocycles. The summed E-state index contributed by atoms with van der Waals surface area (Å²) in [5.41, 5.74) is 5.62. The van der Waals surface area contributed by atoms with Crippen molar-refractivity contribution < 1.29 is 39.8 Å². The third-order valence-electron chi connectivity index (χ3n) is 3.20. The maximum Gasteiger partial charge on any atom is 0.364 e. The summed E-state index contributed by atoms with van der Waals surface area (Å²) in [5, 5.41) is 46.7. The fraction of sp³-hybridized carbons (Fsp3) is 0.900. The van der Waals surface area contributed by atoms with Crippen LogP contribution in [0.2, 0.25) is 0 Å². The Kier molecular flexibility index (Phi) is 5.21. The van der Waals surface area contributed by atoms with Crippen LogP contribution in [0.25, 0.3) is 0 Å². The van der Waals surface area contributed by atoms with E-state index >= 15 is 0 Å². The van der Waals surface area contributed by atoms with Gasteiger partial charge in [-0.3, -0.25) is 0 Å². The first-order valence-corrected chi connectivity index (χ1v) is 5.66. The molecule has 0 radical (unpaired) electrons. The van der Waals surface area contributed by atoms with Gasteiger partial charge in [-0.05, 0) is 0 Å². The number of hydrogen-bond donors (Lipinski definition) is 6. The molecule has 0 aromatic rings. The van der Waals surface area contributed by atoms with Crippen LogP contribution in [0.3, 0.4) is 0 Å². The number of carboxylic acid groups (broad SMARTS) is 1. The Morgan fingerprint density at radius 1 is 1.58 bits per heavy atom. The van der Waals surface area contributed by atoms with E-state index in [4.69, 9.17) is 25.4 Å². The third-order valence-corrected chi connectivity index (χ3v) is 3.20. The lowest BCUT2D eigenvalue weighted by Crippen LogP contribution is -2.66. The highest BCUT2D eigenvalue weighted by molar-refractivity contribution is 5.76. The van der Waals surface area contributed by atoms with Gasteiger partial charge in [-0.1, -0.05) is 0 Å². The van der Waals surface area contributed by atoms with Crippen molar-refractivity contribution in [2.24, 2.45) is 5.73 Å². The Morgan fingerprint density at radius 3 is 2.58 bits per heavy atom. The molecule has 0 amide bonds. The standard InChI is InChI=1S/C10H19NO8/c1-18-10(9(16)17)2-4(13)6(11)8(19-10)7(15)5(14)3-12/h4-8,12-15H,2-3,11H2,1H3,(H,16,17)/t4-,5-,6-,7+,8?,10-/m1/s1. The van der Waals surface area contributed by atoms with Gasteiger partial charge in [0.1, 0.15) is 18.3 Å². The predicted molar refractivity (Wildman–Crippen MR) is 59.9 cm³/mol. The molecule has 1 aliphatic rings. The monoisotopic (exact) mass is 281 g/mol. The van der Waals surface area contributed by atoms with Crippen molar-refractivity contribution in [1.29, 1.82) is 0 Å². The van der Waals surface area contributed by atoms with Crippen LogP contribution in [0.4, 0.5) is 0 Å². The van der Waals surface area contributed by atoms with E-state index in [0.717, 1.165) is 7.11 Å². The number of carboxylic acids is 1. The second-order valence-corrected chi connectivity index (χ2v) is 4.43. The van der Waals surface area contributed by atoms with E-state index in [2.05, 4.69) is 0 Å². The largest absolute Gasteiger partial charge is 0.477 e. The van der Waals surface area contributed by atoms with Crippen LogP contribution in [-0.2, 0) is 14.3 Å². The van der Waals surface area contributed by atoms with Gasteiger partial charge < -0.3 is 40.7 Å². The van der Waals surface area contributed by atoms with Crippen LogP contribution in [0.1, 0.15) is 6.42 Å². The first-order valence-electron chi connectivity index (χ1n) is 5.66. The van der Waals surface area contributed by atoms with E-state index in [0.29, 0.717) is 0 Å². The summed E-state index contributed by atoms with van der Waals surface area (Å²) in [7, 11) is 1.07. The van der Waals surface area contributed by atoms with E-state index in [1.54, 1.807) is 0 Å². The fourth-order valence-electron chi connectivity index (χ4n) is 1.96. The summed E-state index contributed by atoms with van der Waals surface area (Å²) in [5.74, 6) is -3.65. The second-order valence-electron chi connectivity index (χ2n) is 4.43. The van der Waals surface area contributed by atoms with Gasteiger partial charge in [0.2, 0.25) is 0 Å². The van der Waals surface area contributed by atoms with Gasteiger partial charge >= 0.3 is 5.97 Å². The molecule has 1 heterocycles. The third kappa shape index (κ3) is 3.03. The summed E-state index contributed by atoms with van der Waals surface area (Å²) in [6.07, 6.45) is -6.37. The average Bonchev–Trinajstić information content (AvgIpc) is 2.39. The fourth-order valence-corrected chi connectivity index (χ4v) is 1.96. The van der Waals surface area contributed by atoms with Crippen LogP contribution in [-0.4, -0.2) is 81.5 Å². The second kappa shape index (κ2) is 6.09. The number of nitrogens with two attached hydrogens (primary N) is 1. The molecule has 1 fully saturated rings. The Balaban J connectivity index is 2.99. The van der Waals surface area contributed by atoms with Crippen LogP contribution >= 0.6 is 0 Å². The molecule has 6 atom stereocenters. The summed E-state index contributed by atoms with van der Waals surface area (Å²) >= 11 is 0. The number of aliphatic hydroxyl groups is 4. The van der Waals surface area contributed by atoms with E-state index in [1.165, 1.54) is 0 Å². The number of aliphatic carboxylic acids is 1. The maximum atomic E-state index is 11.2. The molecule has 0 spiro atoms. The number of methoxy groups -OCH3 is 1. The molecule has 7 N–H and O–H groups in total. The zero-order chi connectivity index (χ0) is 14.8. The lowest BCUT2D eigenvalue weighted by atomic mass is 9.89. The Hall–Kier alpha value is -0.810. The van der Waals surface area contributed by atoms with Gasteiger partial charge in [0.15, 0.2) is 0 Å². The molecular formula is C10H19NO8. The van der Waals surface area contributed by atoms with Gasteiger partial charge in [0.05, 0.1) is 18.8 Å². The first kappa shape index (κ1) is 16.2. The van der Waals surface area contributed by atoms with Gasteiger partial charge in [-0.2, -0.15) is 0 Å². The van der Waals surface area contributed by atoms with E-state index in [9.17, 15) is 20.1 Å². The van der Waals surface area contributed by atoms with Crippen molar-refractivity contribution >= 4 is 5.97 Å². The average molecular weight is 281 g/mol. The number of aliphatic hydroxyl groups excluding tert-OH is 4.